The summed E-state index contributed by atoms with van der Waals surface area (Å²) < 4.78 is 11.1. The molecule has 104 valence electrons. The number of benzene rings is 1. The van der Waals surface area contributed by atoms with Gasteiger partial charge in [0.05, 0.1) is 0 Å². The molecule has 0 saturated carbocycles. The quantitative estimate of drug-likeness (QED) is 0.847. The van der Waals surface area contributed by atoms with Crippen LogP contribution in [0.25, 0.3) is 0 Å². The van der Waals surface area contributed by atoms with Gasteiger partial charge in [-0.15, -0.1) is 0 Å². The predicted molar refractivity (Wildman–Crippen MR) is 70.5 cm³/mol. The summed E-state index contributed by atoms with van der Waals surface area (Å²) in [7, 11) is 0. The SMILES string of the molecule is CC(C)[C@@H](NCc1cccc2c1OCCO2)C(=O)O. The van der Waals surface area contributed by atoms with E-state index in [1.807, 2.05) is 32.0 Å². The van der Waals surface area contributed by atoms with Crippen molar-refractivity contribution < 1.29 is 19.4 Å². The first-order valence-electron chi connectivity index (χ1n) is 6.43. The van der Waals surface area contributed by atoms with Crippen LogP contribution in [0.15, 0.2) is 18.2 Å². The van der Waals surface area contributed by atoms with Gasteiger partial charge >= 0.3 is 5.97 Å². The summed E-state index contributed by atoms with van der Waals surface area (Å²) >= 11 is 0. The van der Waals surface area contributed by atoms with Crippen LogP contribution in [-0.2, 0) is 11.3 Å². The Balaban J connectivity index is 2.09. The number of carboxylic acid groups (broad SMARTS) is 1. The maximum absolute atomic E-state index is 11.1. The van der Waals surface area contributed by atoms with E-state index in [2.05, 4.69) is 5.32 Å². The molecule has 1 atom stereocenters. The van der Waals surface area contributed by atoms with Crippen LogP contribution in [0.2, 0.25) is 0 Å². The Kier molecular flexibility index (Phi) is 4.27. The fourth-order valence-corrected chi connectivity index (χ4v) is 2.10. The number of hydrogen-bond acceptors (Lipinski definition) is 4. The van der Waals surface area contributed by atoms with Gasteiger partial charge in [0, 0.05) is 12.1 Å². The highest BCUT2D eigenvalue weighted by molar-refractivity contribution is 5.73. The molecule has 0 saturated heterocycles. The molecule has 0 spiro atoms. The van der Waals surface area contributed by atoms with Gasteiger partial charge in [0.25, 0.3) is 0 Å². The Morgan fingerprint density at radius 2 is 2.11 bits per heavy atom. The van der Waals surface area contributed by atoms with Gasteiger partial charge in [-0.1, -0.05) is 26.0 Å². The second kappa shape index (κ2) is 5.93. The summed E-state index contributed by atoms with van der Waals surface area (Å²) in [6.45, 7) is 5.28. The molecule has 1 heterocycles. The maximum Gasteiger partial charge on any atom is 0.320 e. The molecule has 5 heteroatoms. The number of para-hydroxylation sites is 1. The van der Waals surface area contributed by atoms with E-state index >= 15 is 0 Å². The van der Waals surface area contributed by atoms with Crippen LogP contribution in [0.5, 0.6) is 11.5 Å². The van der Waals surface area contributed by atoms with Crippen LogP contribution in [0.3, 0.4) is 0 Å². The Labute approximate surface area is 112 Å². The van der Waals surface area contributed by atoms with E-state index in [9.17, 15) is 4.79 Å². The number of fused-ring (bicyclic) bond motifs is 1. The van der Waals surface area contributed by atoms with E-state index in [-0.39, 0.29) is 5.92 Å². The van der Waals surface area contributed by atoms with Crippen molar-refractivity contribution >= 4 is 5.97 Å². The molecule has 1 aliphatic rings. The monoisotopic (exact) mass is 265 g/mol. The Hall–Kier alpha value is -1.75. The number of rotatable bonds is 5. The molecule has 5 nitrogen and oxygen atoms in total. The van der Waals surface area contributed by atoms with Crippen LogP contribution in [0.1, 0.15) is 19.4 Å². The Bertz CT molecular complexity index is 459. The highest BCUT2D eigenvalue weighted by Gasteiger charge is 2.22. The van der Waals surface area contributed by atoms with E-state index in [1.165, 1.54) is 0 Å². The zero-order valence-electron chi connectivity index (χ0n) is 11.2. The van der Waals surface area contributed by atoms with E-state index < -0.39 is 12.0 Å². The molecule has 1 aliphatic heterocycles. The lowest BCUT2D eigenvalue weighted by atomic mass is 10.0. The van der Waals surface area contributed by atoms with Gasteiger partial charge in [-0.2, -0.15) is 0 Å². The molecule has 0 fully saturated rings. The average molecular weight is 265 g/mol. The van der Waals surface area contributed by atoms with Crippen LogP contribution < -0.4 is 14.8 Å². The Morgan fingerprint density at radius 3 is 2.79 bits per heavy atom. The molecule has 0 radical (unpaired) electrons. The standard InChI is InChI=1S/C14H19NO4/c1-9(2)12(14(16)17)15-8-10-4-3-5-11-13(10)19-7-6-18-11/h3-5,9,12,15H,6-8H2,1-2H3,(H,16,17)/t12-/m1/s1. The lowest BCUT2D eigenvalue weighted by Gasteiger charge is -2.23. The molecule has 0 aromatic heterocycles. The lowest BCUT2D eigenvalue weighted by molar-refractivity contribution is -0.140. The highest BCUT2D eigenvalue weighted by Crippen LogP contribution is 2.33. The van der Waals surface area contributed by atoms with Gasteiger partial charge in [-0.25, -0.2) is 0 Å². The van der Waals surface area contributed by atoms with Crippen LogP contribution in [0.4, 0.5) is 0 Å². The first kappa shape index (κ1) is 13.7. The summed E-state index contributed by atoms with van der Waals surface area (Å²) in [4.78, 5) is 11.1. The topological polar surface area (TPSA) is 67.8 Å². The van der Waals surface area contributed by atoms with Gasteiger partial charge < -0.3 is 14.6 Å². The van der Waals surface area contributed by atoms with Crippen molar-refractivity contribution in [2.75, 3.05) is 13.2 Å². The minimum atomic E-state index is -0.836. The first-order valence-corrected chi connectivity index (χ1v) is 6.43. The molecule has 1 aromatic carbocycles. The highest BCUT2D eigenvalue weighted by atomic mass is 16.6. The molecule has 2 N–H and O–H groups in total. The maximum atomic E-state index is 11.1. The third-order valence-electron chi connectivity index (χ3n) is 3.09. The number of carbonyl (C=O) groups is 1. The molecule has 0 unspecified atom stereocenters. The van der Waals surface area contributed by atoms with Gasteiger partial charge in [0.15, 0.2) is 11.5 Å². The lowest BCUT2D eigenvalue weighted by Crippen LogP contribution is -2.40. The fraction of sp³-hybridized carbons (Fsp3) is 0.500. The van der Waals surface area contributed by atoms with E-state index in [4.69, 9.17) is 14.6 Å². The van der Waals surface area contributed by atoms with Gasteiger partial charge in [-0.05, 0) is 12.0 Å². The molecular weight excluding hydrogens is 246 g/mol. The predicted octanol–water partition coefficient (Wildman–Crippen LogP) is 1.66. The second-order valence-corrected chi connectivity index (χ2v) is 4.88. The second-order valence-electron chi connectivity index (χ2n) is 4.88. The summed E-state index contributed by atoms with van der Waals surface area (Å²) in [5.41, 5.74) is 0.920. The van der Waals surface area contributed by atoms with Gasteiger partial charge in [-0.3, -0.25) is 10.1 Å². The third kappa shape index (κ3) is 3.17. The van der Waals surface area contributed by atoms with E-state index in [0.717, 1.165) is 11.3 Å². The van der Waals surface area contributed by atoms with Crippen LogP contribution >= 0.6 is 0 Å². The smallest absolute Gasteiger partial charge is 0.320 e. The van der Waals surface area contributed by atoms with Gasteiger partial charge in [0.2, 0.25) is 0 Å². The zero-order valence-corrected chi connectivity index (χ0v) is 11.2. The van der Waals surface area contributed by atoms with Gasteiger partial charge in [0.1, 0.15) is 19.3 Å². The van der Waals surface area contributed by atoms with Crippen molar-refractivity contribution in [3.05, 3.63) is 23.8 Å². The van der Waals surface area contributed by atoms with Crippen molar-refractivity contribution in [1.29, 1.82) is 0 Å². The normalized spacial score (nSPS) is 15.3. The number of carboxylic acids is 1. The number of nitrogens with one attached hydrogen (secondary N) is 1. The molecule has 0 amide bonds. The molecule has 2 rings (SSSR count). The minimum absolute atomic E-state index is 0.0224. The van der Waals surface area contributed by atoms with Crippen LogP contribution in [0, 0.1) is 5.92 Å². The molecule has 0 bridgehead atoms. The molecule has 1 aromatic rings. The molecular formula is C14H19NO4. The largest absolute Gasteiger partial charge is 0.486 e. The van der Waals surface area contributed by atoms with Crippen molar-refractivity contribution in [3.8, 4) is 11.5 Å². The summed E-state index contributed by atoms with van der Waals surface area (Å²) in [6.07, 6.45) is 0. The molecule has 19 heavy (non-hydrogen) atoms. The van der Waals surface area contributed by atoms with E-state index in [0.29, 0.717) is 25.5 Å². The van der Waals surface area contributed by atoms with Crippen molar-refractivity contribution in [2.24, 2.45) is 5.92 Å². The van der Waals surface area contributed by atoms with Crippen molar-refractivity contribution in [1.82, 2.24) is 5.32 Å². The average Bonchev–Trinajstić information content (AvgIpc) is 2.38. The number of aliphatic carboxylic acids is 1. The summed E-state index contributed by atoms with van der Waals surface area (Å²) in [6, 6.07) is 5.09. The zero-order chi connectivity index (χ0) is 13.8. The number of hydrogen-bond donors (Lipinski definition) is 2. The summed E-state index contributed by atoms with van der Waals surface area (Å²) in [5.74, 6) is 0.627. The fourth-order valence-electron chi connectivity index (χ4n) is 2.10. The summed E-state index contributed by atoms with van der Waals surface area (Å²) in [5, 5.41) is 12.2. The van der Waals surface area contributed by atoms with Crippen molar-refractivity contribution in [2.45, 2.75) is 26.4 Å². The van der Waals surface area contributed by atoms with E-state index in [1.54, 1.807) is 0 Å². The molecule has 0 aliphatic carbocycles. The Morgan fingerprint density at radius 1 is 1.37 bits per heavy atom. The number of ether oxygens (including phenoxy) is 2. The first-order chi connectivity index (χ1) is 9.09. The third-order valence-corrected chi connectivity index (χ3v) is 3.09. The van der Waals surface area contributed by atoms with Crippen molar-refractivity contribution in [3.63, 3.8) is 0 Å². The van der Waals surface area contributed by atoms with Crippen LogP contribution in [-0.4, -0.2) is 30.3 Å². The minimum Gasteiger partial charge on any atom is -0.486 e.